The van der Waals surface area contributed by atoms with Crippen molar-refractivity contribution in [1.82, 2.24) is 0 Å². The molecule has 0 amide bonds. The second-order valence-corrected chi connectivity index (χ2v) is 2.10. The van der Waals surface area contributed by atoms with E-state index in [0.717, 1.165) is 12.2 Å². The van der Waals surface area contributed by atoms with Crippen LogP contribution in [-0.4, -0.2) is 0 Å². The summed E-state index contributed by atoms with van der Waals surface area (Å²) in [5.41, 5.74) is 0. The number of hydrogen-bond donors (Lipinski definition) is 0. The van der Waals surface area contributed by atoms with Gasteiger partial charge in [-0.05, 0) is 12.1 Å². The van der Waals surface area contributed by atoms with Gasteiger partial charge in [-0.25, -0.2) is 0 Å². The zero-order valence-corrected chi connectivity index (χ0v) is 6.23. The van der Waals surface area contributed by atoms with Crippen LogP contribution in [0.25, 0.3) is 0 Å². The van der Waals surface area contributed by atoms with Crippen molar-refractivity contribution in [1.29, 1.82) is 0 Å². The second kappa shape index (κ2) is 3.47. The molecule has 1 aromatic rings. The van der Waals surface area contributed by atoms with Gasteiger partial charge in [-0.2, -0.15) is 0 Å². The maximum absolute atomic E-state index is 5.08. The summed E-state index contributed by atoms with van der Waals surface area (Å²) in [7, 11) is 2.52. The van der Waals surface area contributed by atoms with Crippen LogP contribution in [0.5, 0.6) is 0 Å². The average Bonchev–Trinajstić information content (AvgIpc) is 2.34. The maximum Gasteiger partial charge on any atom is 0.107 e. The summed E-state index contributed by atoms with van der Waals surface area (Å²) < 4.78 is 5.08. The van der Waals surface area contributed by atoms with Gasteiger partial charge in [0, 0.05) is 6.42 Å². The van der Waals surface area contributed by atoms with Gasteiger partial charge in [-0.1, -0.05) is 11.9 Å². The second-order valence-electron chi connectivity index (χ2n) is 1.71. The van der Waals surface area contributed by atoms with Crippen LogP contribution >= 0.6 is 9.24 Å². The molecule has 1 unspecified atom stereocenters. The van der Waals surface area contributed by atoms with Crippen molar-refractivity contribution in [3.63, 3.8) is 0 Å². The number of hydrogen-bond acceptors (Lipinski definition) is 1. The Labute approximate surface area is 57.0 Å². The minimum absolute atomic E-state index is 0.885. The quantitative estimate of drug-likeness (QED) is 0.574. The predicted molar refractivity (Wildman–Crippen MR) is 41.3 cm³/mol. The Morgan fingerprint density at radius 3 is 3.11 bits per heavy atom. The molecule has 0 saturated carbocycles. The lowest BCUT2D eigenvalue weighted by atomic mass is 10.3. The van der Waals surface area contributed by atoms with Gasteiger partial charge >= 0.3 is 0 Å². The zero-order valence-electron chi connectivity index (χ0n) is 5.08. The van der Waals surface area contributed by atoms with Crippen LogP contribution in [0.4, 0.5) is 0 Å². The zero-order chi connectivity index (χ0) is 6.53. The van der Waals surface area contributed by atoms with E-state index in [1.807, 2.05) is 24.0 Å². The Hall–Kier alpha value is -0.550. The molecule has 0 radical (unpaired) electrons. The van der Waals surface area contributed by atoms with Gasteiger partial charge in [-0.3, -0.25) is 0 Å². The highest BCUT2D eigenvalue weighted by molar-refractivity contribution is 7.20. The first-order valence-electron chi connectivity index (χ1n) is 2.82. The Morgan fingerprint density at radius 2 is 2.56 bits per heavy atom. The molecule has 0 saturated heterocycles. The molecule has 0 bridgehead atoms. The van der Waals surface area contributed by atoms with Gasteiger partial charge in [-0.15, -0.1) is 9.24 Å². The average molecular weight is 140 g/mol. The fraction of sp³-hybridized carbons (Fsp3) is 0.143. The number of rotatable bonds is 2. The molecule has 0 fully saturated rings. The van der Waals surface area contributed by atoms with Gasteiger partial charge in [0.15, 0.2) is 0 Å². The number of furan rings is 1. The molecule has 1 heterocycles. The summed E-state index contributed by atoms with van der Waals surface area (Å²) in [5, 5.41) is 0. The van der Waals surface area contributed by atoms with Gasteiger partial charge < -0.3 is 4.42 Å². The highest BCUT2D eigenvalue weighted by atomic mass is 31.0. The van der Waals surface area contributed by atoms with Gasteiger partial charge in [0.05, 0.1) is 6.26 Å². The summed E-state index contributed by atoms with van der Waals surface area (Å²) in [4.78, 5) is 0. The molecular weight excluding hydrogens is 131 g/mol. The van der Waals surface area contributed by atoms with Crippen LogP contribution in [0.2, 0.25) is 0 Å². The summed E-state index contributed by atoms with van der Waals surface area (Å²) >= 11 is 0. The molecule has 0 aromatic carbocycles. The van der Waals surface area contributed by atoms with Crippen molar-refractivity contribution in [2.45, 2.75) is 6.42 Å². The van der Waals surface area contributed by atoms with Crippen LogP contribution in [0.15, 0.2) is 34.7 Å². The lowest BCUT2D eigenvalue weighted by Gasteiger charge is -1.83. The van der Waals surface area contributed by atoms with Crippen LogP contribution in [-0.2, 0) is 6.42 Å². The van der Waals surface area contributed by atoms with Crippen LogP contribution in [0, 0.1) is 0 Å². The highest BCUT2D eigenvalue weighted by Crippen LogP contribution is 2.01. The van der Waals surface area contributed by atoms with Gasteiger partial charge in [0.1, 0.15) is 5.76 Å². The van der Waals surface area contributed by atoms with E-state index < -0.39 is 0 Å². The molecule has 0 N–H and O–H groups in total. The molecular formula is C7H9OP. The standard InChI is InChI=1S/C7H9OP/c9-6-2-4-7-3-1-5-8-7/h1-3,5-6H,4,9H2. The van der Waals surface area contributed by atoms with Crippen molar-refractivity contribution >= 4 is 9.24 Å². The predicted octanol–water partition coefficient (Wildman–Crippen LogP) is 2.21. The Morgan fingerprint density at radius 1 is 1.67 bits per heavy atom. The molecule has 0 spiro atoms. The van der Waals surface area contributed by atoms with Crippen LogP contribution in [0.1, 0.15) is 5.76 Å². The van der Waals surface area contributed by atoms with Crippen molar-refractivity contribution < 1.29 is 4.42 Å². The molecule has 1 aromatic heterocycles. The molecule has 1 atom stereocenters. The van der Waals surface area contributed by atoms with Crippen LogP contribution < -0.4 is 0 Å². The van der Waals surface area contributed by atoms with Crippen molar-refractivity contribution in [2.24, 2.45) is 0 Å². The van der Waals surface area contributed by atoms with E-state index in [1.54, 1.807) is 6.26 Å². The molecule has 0 aliphatic rings. The van der Waals surface area contributed by atoms with Gasteiger partial charge in [0.2, 0.25) is 0 Å². The van der Waals surface area contributed by atoms with E-state index in [1.165, 1.54) is 0 Å². The SMILES string of the molecule is PC=CCc1ccco1. The molecule has 48 valence electrons. The third-order valence-electron chi connectivity index (χ3n) is 1.04. The molecule has 1 rings (SSSR count). The largest absolute Gasteiger partial charge is 0.469 e. The third kappa shape index (κ3) is 2.03. The Balaban J connectivity index is 2.48. The van der Waals surface area contributed by atoms with E-state index in [9.17, 15) is 0 Å². The smallest absolute Gasteiger partial charge is 0.107 e. The monoisotopic (exact) mass is 140 g/mol. The summed E-state index contributed by atoms with van der Waals surface area (Å²) in [6.45, 7) is 0. The lowest BCUT2D eigenvalue weighted by Crippen LogP contribution is -1.70. The Kier molecular flexibility index (Phi) is 2.53. The molecule has 1 nitrogen and oxygen atoms in total. The van der Waals surface area contributed by atoms with Crippen molar-refractivity contribution in [2.75, 3.05) is 0 Å². The number of allylic oxidation sites excluding steroid dienone is 1. The summed E-state index contributed by atoms with van der Waals surface area (Å²) in [6, 6.07) is 3.86. The maximum atomic E-state index is 5.08. The summed E-state index contributed by atoms with van der Waals surface area (Å²) in [6.07, 6.45) is 4.60. The van der Waals surface area contributed by atoms with Crippen molar-refractivity contribution in [3.05, 3.63) is 36.0 Å². The Bertz CT molecular complexity index is 177. The van der Waals surface area contributed by atoms with Gasteiger partial charge in [0.25, 0.3) is 0 Å². The van der Waals surface area contributed by atoms with E-state index in [0.29, 0.717) is 0 Å². The molecule has 9 heavy (non-hydrogen) atoms. The highest BCUT2D eigenvalue weighted by Gasteiger charge is 1.87. The first kappa shape index (κ1) is 6.57. The van der Waals surface area contributed by atoms with E-state index in [4.69, 9.17) is 4.42 Å². The van der Waals surface area contributed by atoms with E-state index >= 15 is 0 Å². The van der Waals surface area contributed by atoms with E-state index in [2.05, 4.69) is 9.24 Å². The fourth-order valence-corrected chi connectivity index (χ4v) is 0.749. The van der Waals surface area contributed by atoms with Crippen LogP contribution in [0.3, 0.4) is 0 Å². The topological polar surface area (TPSA) is 13.1 Å². The first-order valence-corrected chi connectivity index (χ1v) is 3.49. The minimum Gasteiger partial charge on any atom is -0.469 e. The summed E-state index contributed by atoms with van der Waals surface area (Å²) in [5.74, 6) is 2.94. The minimum atomic E-state index is 0.885. The lowest BCUT2D eigenvalue weighted by molar-refractivity contribution is 0.523. The van der Waals surface area contributed by atoms with E-state index in [-0.39, 0.29) is 0 Å². The molecule has 2 heteroatoms. The first-order chi connectivity index (χ1) is 4.43. The van der Waals surface area contributed by atoms with Crippen molar-refractivity contribution in [3.8, 4) is 0 Å². The normalized spacial score (nSPS) is 10.8. The molecule has 0 aliphatic heterocycles. The molecule has 0 aliphatic carbocycles. The third-order valence-corrected chi connectivity index (χ3v) is 1.31. The fourth-order valence-electron chi connectivity index (χ4n) is 0.613.